The number of amides is 1. The number of para-hydroxylation sites is 2. The lowest BCUT2D eigenvalue weighted by atomic mass is 10.2. The van der Waals surface area contributed by atoms with Crippen LogP contribution in [0.2, 0.25) is 0 Å². The van der Waals surface area contributed by atoms with Gasteiger partial charge in [-0.25, -0.2) is 10.4 Å². The van der Waals surface area contributed by atoms with E-state index in [0.717, 1.165) is 5.56 Å². The van der Waals surface area contributed by atoms with E-state index < -0.39 is 0 Å². The molecule has 132 valence electrons. The van der Waals surface area contributed by atoms with Gasteiger partial charge >= 0.3 is 0 Å². The first-order valence-corrected chi connectivity index (χ1v) is 8.09. The van der Waals surface area contributed by atoms with Crippen LogP contribution in [0.1, 0.15) is 17.7 Å². The van der Waals surface area contributed by atoms with Crippen molar-refractivity contribution < 1.29 is 9.53 Å². The second kappa shape index (κ2) is 8.06. The summed E-state index contributed by atoms with van der Waals surface area (Å²) in [6.45, 7) is 0. The summed E-state index contributed by atoms with van der Waals surface area (Å²) in [4.78, 5) is 31.0. The highest BCUT2D eigenvalue weighted by Gasteiger charge is 2.07. The molecule has 3 rings (SSSR count). The predicted molar refractivity (Wildman–Crippen MR) is 99.4 cm³/mol. The lowest BCUT2D eigenvalue weighted by molar-refractivity contribution is -0.121. The maximum absolute atomic E-state index is 12.0. The standard InChI is InChI=1S/C19H18N4O3/c1-26-14-6-4-5-13(11-14)12-20-23-18(24)10-9-17-19(25)22-16-8-3-2-7-15(16)21-17/h2-8,11-12H,9-10H2,1H3,(H,22,25)(H,23,24)/b20-12+. The number of hydrogen-bond acceptors (Lipinski definition) is 5. The molecule has 0 radical (unpaired) electrons. The van der Waals surface area contributed by atoms with Crippen LogP contribution < -0.4 is 15.7 Å². The average molecular weight is 350 g/mol. The molecule has 1 heterocycles. The number of methoxy groups -OCH3 is 1. The van der Waals surface area contributed by atoms with Gasteiger partial charge in [-0.15, -0.1) is 0 Å². The van der Waals surface area contributed by atoms with Crippen molar-refractivity contribution in [1.29, 1.82) is 0 Å². The van der Waals surface area contributed by atoms with E-state index in [9.17, 15) is 9.59 Å². The van der Waals surface area contributed by atoms with E-state index in [1.165, 1.54) is 6.21 Å². The SMILES string of the molecule is COc1cccc(/C=N/NC(=O)CCc2nc3ccccc3[nH]c2=O)c1. The summed E-state index contributed by atoms with van der Waals surface area (Å²) in [6.07, 6.45) is 1.88. The van der Waals surface area contributed by atoms with Gasteiger partial charge in [0.1, 0.15) is 11.4 Å². The van der Waals surface area contributed by atoms with Gasteiger partial charge in [-0.1, -0.05) is 24.3 Å². The van der Waals surface area contributed by atoms with Gasteiger partial charge in [-0.3, -0.25) is 9.59 Å². The van der Waals surface area contributed by atoms with Crippen LogP contribution in [0.4, 0.5) is 0 Å². The van der Waals surface area contributed by atoms with Gasteiger partial charge in [0.25, 0.3) is 5.56 Å². The zero-order chi connectivity index (χ0) is 18.4. The number of aromatic amines is 1. The molecule has 0 saturated carbocycles. The molecule has 7 nitrogen and oxygen atoms in total. The quantitative estimate of drug-likeness (QED) is 0.525. The minimum atomic E-state index is -0.293. The molecule has 0 saturated heterocycles. The maximum atomic E-state index is 12.0. The van der Waals surface area contributed by atoms with Crippen molar-refractivity contribution in [3.05, 3.63) is 70.1 Å². The number of carbonyl (C=O) groups is 1. The molecule has 0 aliphatic rings. The summed E-state index contributed by atoms with van der Waals surface area (Å²) in [6, 6.07) is 14.6. The lowest BCUT2D eigenvalue weighted by Crippen LogP contribution is -2.21. The highest BCUT2D eigenvalue weighted by molar-refractivity contribution is 5.83. The number of rotatable bonds is 6. The molecule has 0 fully saturated rings. The van der Waals surface area contributed by atoms with Gasteiger partial charge in [0.2, 0.25) is 5.91 Å². The molecule has 0 aliphatic carbocycles. The van der Waals surface area contributed by atoms with Crippen molar-refractivity contribution in [3.63, 3.8) is 0 Å². The number of fused-ring (bicyclic) bond motifs is 1. The van der Waals surface area contributed by atoms with E-state index in [0.29, 0.717) is 22.5 Å². The zero-order valence-electron chi connectivity index (χ0n) is 14.2. The Morgan fingerprint density at radius 2 is 2.12 bits per heavy atom. The molecule has 1 aromatic heterocycles. The summed E-state index contributed by atoms with van der Waals surface area (Å²) in [7, 11) is 1.58. The molecular formula is C19H18N4O3. The van der Waals surface area contributed by atoms with Gasteiger partial charge in [-0.05, 0) is 29.8 Å². The molecule has 2 aromatic carbocycles. The number of aromatic nitrogens is 2. The smallest absolute Gasteiger partial charge is 0.270 e. The van der Waals surface area contributed by atoms with E-state index in [4.69, 9.17) is 4.74 Å². The zero-order valence-corrected chi connectivity index (χ0v) is 14.2. The second-order valence-electron chi connectivity index (χ2n) is 5.60. The largest absolute Gasteiger partial charge is 0.497 e. The third kappa shape index (κ3) is 4.32. The van der Waals surface area contributed by atoms with E-state index in [-0.39, 0.29) is 24.3 Å². The van der Waals surface area contributed by atoms with Crippen molar-refractivity contribution in [3.8, 4) is 5.75 Å². The molecule has 0 atom stereocenters. The molecule has 2 N–H and O–H groups in total. The minimum Gasteiger partial charge on any atom is -0.497 e. The van der Waals surface area contributed by atoms with Crippen molar-refractivity contribution in [2.24, 2.45) is 5.10 Å². The molecular weight excluding hydrogens is 332 g/mol. The second-order valence-corrected chi connectivity index (χ2v) is 5.60. The Kier molecular flexibility index (Phi) is 5.38. The van der Waals surface area contributed by atoms with Crippen LogP contribution in [0, 0.1) is 0 Å². The molecule has 1 amide bonds. The Labute approximate surface area is 149 Å². The fourth-order valence-corrected chi connectivity index (χ4v) is 2.43. The molecule has 0 unspecified atom stereocenters. The fourth-order valence-electron chi connectivity index (χ4n) is 2.43. The Balaban J connectivity index is 1.58. The van der Waals surface area contributed by atoms with Crippen LogP contribution in [0.3, 0.4) is 0 Å². The number of hydrogen-bond donors (Lipinski definition) is 2. The highest BCUT2D eigenvalue weighted by Crippen LogP contribution is 2.10. The van der Waals surface area contributed by atoms with Gasteiger partial charge in [0.05, 0.1) is 24.4 Å². The lowest BCUT2D eigenvalue weighted by Gasteiger charge is -2.02. The van der Waals surface area contributed by atoms with Crippen molar-refractivity contribution in [2.45, 2.75) is 12.8 Å². The first-order chi connectivity index (χ1) is 12.7. The summed E-state index contributed by atoms with van der Waals surface area (Å²) in [5.41, 5.74) is 4.66. The van der Waals surface area contributed by atoms with Gasteiger partial charge in [0, 0.05) is 12.8 Å². The first kappa shape index (κ1) is 17.3. The van der Waals surface area contributed by atoms with E-state index in [2.05, 4.69) is 20.5 Å². The number of benzene rings is 2. The molecule has 3 aromatic rings. The van der Waals surface area contributed by atoms with E-state index in [1.807, 2.05) is 36.4 Å². The topological polar surface area (TPSA) is 96.4 Å². The number of carbonyl (C=O) groups excluding carboxylic acids is 1. The molecule has 0 spiro atoms. The maximum Gasteiger partial charge on any atom is 0.270 e. The molecule has 26 heavy (non-hydrogen) atoms. The van der Waals surface area contributed by atoms with Gasteiger partial charge in [-0.2, -0.15) is 5.10 Å². The number of nitrogens with zero attached hydrogens (tertiary/aromatic N) is 2. The summed E-state index contributed by atoms with van der Waals surface area (Å²) in [5, 5.41) is 3.92. The Bertz CT molecular complexity index is 1010. The predicted octanol–water partition coefficient (Wildman–Crippen LogP) is 2.01. The van der Waals surface area contributed by atoms with Crippen LogP contribution in [-0.2, 0) is 11.2 Å². The fraction of sp³-hybridized carbons (Fsp3) is 0.158. The Morgan fingerprint density at radius 3 is 2.96 bits per heavy atom. The van der Waals surface area contributed by atoms with Gasteiger partial charge in [0.15, 0.2) is 0 Å². The van der Waals surface area contributed by atoms with Crippen LogP contribution in [0.5, 0.6) is 5.75 Å². The average Bonchev–Trinajstić information content (AvgIpc) is 2.66. The minimum absolute atomic E-state index is 0.115. The number of ether oxygens (including phenoxy) is 1. The van der Waals surface area contributed by atoms with Crippen molar-refractivity contribution in [2.75, 3.05) is 7.11 Å². The third-order valence-corrected chi connectivity index (χ3v) is 3.76. The first-order valence-electron chi connectivity index (χ1n) is 8.09. The molecule has 7 heteroatoms. The number of nitrogens with one attached hydrogen (secondary N) is 2. The molecule has 0 aliphatic heterocycles. The third-order valence-electron chi connectivity index (χ3n) is 3.76. The Hall–Kier alpha value is -3.48. The van der Waals surface area contributed by atoms with E-state index in [1.54, 1.807) is 19.2 Å². The number of hydrazone groups is 1. The van der Waals surface area contributed by atoms with Crippen LogP contribution in [0.15, 0.2) is 58.4 Å². The summed E-state index contributed by atoms with van der Waals surface area (Å²) in [5.74, 6) is 0.417. The highest BCUT2D eigenvalue weighted by atomic mass is 16.5. The monoisotopic (exact) mass is 350 g/mol. The summed E-state index contributed by atoms with van der Waals surface area (Å²) >= 11 is 0. The van der Waals surface area contributed by atoms with Crippen molar-refractivity contribution in [1.82, 2.24) is 15.4 Å². The molecule has 0 bridgehead atoms. The summed E-state index contributed by atoms with van der Waals surface area (Å²) < 4.78 is 5.12. The van der Waals surface area contributed by atoms with Crippen LogP contribution >= 0.6 is 0 Å². The van der Waals surface area contributed by atoms with E-state index >= 15 is 0 Å². The van der Waals surface area contributed by atoms with Gasteiger partial charge < -0.3 is 9.72 Å². The normalized spacial score (nSPS) is 11.0. The number of H-pyrrole nitrogens is 1. The van der Waals surface area contributed by atoms with Crippen LogP contribution in [0.25, 0.3) is 11.0 Å². The number of aryl methyl sites for hydroxylation is 1. The Morgan fingerprint density at radius 1 is 1.27 bits per heavy atom. The van der Waals surface area contributed by atoms with Crippen LogP contribution in [-0.4, -0.2) is 29.2 Å². The van der Waals surface area contributed by atoms with Crippen molar-refractivity contribution >= 4 is 23.2 Å².